The molecular formula is C17H16N6. The summed E-state index contributed by atoms with van der Waals surface area (Å²) in [6.45, 7) is 1.83. The van der Waals surface area contributed by atoms with Gasteiger partial charge < -0.3 is 0 Å². The third-order valence-electron chi connectivity index (χ3n) is 3.10. The topological polar surface area (TPSA) is 67.5 Å². The molecule has 1 N–H and O–H groups in total. The Balaban J connectivity index is 1.74. The van der Waals surface area contributed by atoms with Gasteiger partial charge in [0.05, 0.1) is 12.4 Å². The first kappa shape index (κ1) is 14.6. The van der Waals surface area contributed by atoms with Gasteiger partial charge in [0.25, 0.3) is 5.95 Å². The zero-order valence-electron chi connectivity index (χ0n) is 12.7. The molecular weight excluding hydrogens is 288 g/mol. The molecule has 0 fully saturated rings. The van der Waals surface area contributed by atoms with Gasteiger partial charge in [-0.05, 0) is 18.1 Å². The Hall–Kier alpha value is -3.28. The highest BCUT2D eigenvalue weighted by Gasteiger charge is 2.05. The highest BCUT2D eigenvalue weighted by atomic mass is 15.5. The highest BCUT2D eigenvalue weighted by Crippen LogP contribution is 2.07. The second kappa shape index (κ2) is 7.13. The van der Waals surface area contributed by atoms with Crippen LogP contribution in [0.5, 0.6) is 0 Å². The van der Waals surface area contributed by atoms with Crippen LogP contribution < -0.4 is 5.43 Å². The molecule has 0 saturated carbocycles. The summed E-state index contributed by atoms with van der Waals surface area (Å²) in [5, 5.41) is 16.6. The third-order valence-corrected chi connectivity index (χ3v) is 3.10. The van der Waals surface area contributed by atoms with Gasteiger partial charge in [-0.15, -0.1) is 10.2 Å². The van der Waals surface area contributed by atoms with Crippen LogP contribution >= 0.6 is 0 Å². The van der Waals surface area contributed by atoms with Crippen LogP contribution in [0, 0.1) is 6.92 Å². The van der Waals surface area contributed by atoms with E-state index in [1.165, 1.54) is 0 Å². The third kappa shape index (κ3) is 3.88. The standard InChI is InChI=1S/C17H16N6/c1-14-20-22-17(21-18-12-15-8-4-2-5-9-15)23(14)19-13-16-10-6-3-7-11-16/h2-13H,1H3,(H,21,22). The van der Waals surface area contributed by atoms with Gasteiger partial charge in [0, 0.05) is 0 Å². The molecule has 1 heterocycles. The van der Waals surface area contributed by atoms with E-state index >= 15 is 0 Å². The summed E-state index contributed by atoms with van der Waals surface area (Å²) >= 11 is 0. The molecule has 0 bridgehead atoms. The van der Waals surface area contributed by atoms with E-state index in [9.17, 15) is 0 Å². The maximum absolute atomic E-state index is 4.39. The predicted octanol–water partition coefficient (Wildman–Crippen LogP) is 2.91. The first-order valence-corrected chi connectivity index (χ1v) is 7.18. The van der Waals surface area contributed by atoms with E-state index in [0.717, 1.165) is 11.1 Å². The van der Waals surface area contributed by atoms with Gasteiger partial charge in [-0.25, -0.2) is 5.43 Å². The van der Waals surface area contributed by atoms with Crippen molar-refractivity contribution in [3.8, 4) is 0 Å². The molecule has 1 aromatic heterocycles. The van der Waals surface area contributed by atoms with Crippen molar-refractivity contribution in [2.75, 3.05) is 5.43 Å². The van der Waals surface area contributed by atoms with E-state index in [4.69, 9.17) is 0 Å². The molecule has 0 spiro atoms. The molecule has 0 amide bonds. The molecule has 0 saturated heterocycles. The van der Waals surface area contributed by atoms with Crippen LogP contribution in [0.1, 0.15) is 17.0 Å². The van der Waals surface area contributed by atoms with Gasteiger partial charge in [0.1, 0.15) is 0 Å². The maximum atomic E-state index is 4.39. The second-order valence-corrected chi connectivity index (χ2v) is 4.82. The smallest absolute Gasteiger partial charge is 0.244 e. The number of anilines is 1. The quantitative estimate of drug-likeness (QED) is 0.582. The van der Waals surface area contributed by atoms with Crippen molar-refractivity contribution < 1.29 is 0 Å². The predicted molar refractivity (Wildman–Crippen MR) is 91.9 cm³/mol. The fraction of sp³-hybridized carbons (Fsp3) is 0.0588. The number of hydrogen-bond acceptors (Lipinski definition) is 5. The lowest BCUT2D eigenvalue weighted by molar-refractivity contribution is 0.834. The van der Waals surface area contributed by atoms with Crippen LogP contribution in [-0.2, 0) is 0 Å². The van der Waals surface area contributed by atoms with Crippen molar-refractivity contribution in [1.29, 1.82) is 0 Å². The molecule has 0 unspecified atom stereocenters. The minimum absolute atomic E-state index is 0.460. The zero-order chi connectivity index (χ0) is 15.9. The lowest BCUT2D eigenvalue weighted by Gasteiger charge is -2.01. The summed E-state index contributed by atoms with van der Waals surface area (Å²) in [7, 11) is 0. The molecule has 114 valence electrons. The van der Waals surface area contributed by atoms with Gasteiger partial charge in [-0.3, -0.25) is 0 Å². The first-order chi connectivity index (χ1) is 11.3. The van der Waals surface area contributed by atoms with Crippen molar-refractivity contribution in [3.63, 3.8) is 0 Å². The Morgan fingerprint density at radius 2 is 1.48 bits per heavy atom. The van der Waals surface area contributed by atoms with Crippen LogP contribution in [0.2, 0.25) is 0 Å². The molecule has 0 aliphatic carbocycles. The first-order valence-electron chi connectivity index (χ1n) is 7.18. The molecule has 0 radical (unpaired) electrons. The average Bonchev–Trinajstić information content (AvgIpc) is 2.95. The van der Waals surface area contributed by atoms with E-state index in [-0.39, 0.29) is 0 Å². The minimum Gasteiger partial charge on any atom is -0.244 e. The Bertz CT molecular complexity index is 806. The number of nitrogens with one attached hydrogen (secondary N) is 1. The van der Waals surface area contributed by atoms with Crippen molar-refractivity contribution in [1.82, 2.24) is 14.9 Å². The van der Waals surface area contributed by atoms with Crippen molar-refractivity contribution in [2.45, 2.75) is 6.92 Å². The largest absolute Gasteiger partial charge is 0.266 e. The molecule has 0 aliphatic rings. The fourth-order valence-corrected chi connectivity index (χ4v) is 1.93. The minimum atomic E-state index is 0.460. The summed E-state index contributed by atoms with van der Waals surface area (Å²) in [4.78, 5) is 0. The van der Waals surface area contributed by atoms with Crippen LogP contribution in [-0.4, -0.2) is 27.3 Å². The summed E-state index contributed by atoms with van der Waals surface area (Å²) in [6, 6.07) is 19.6. The number of aromatic nitrogens is 3. The molecule has 3 rings (SSSR count). The van der Waals surface area contributed by atoms with Crippen LogP contribution in [0.15, 0.2) is 70.9 Å². The lowest BCUT2D eigenvalue weighted by atomic mass is 10.2. The summed E-state index contributed by atoms with van der Waals surface area (Å²) < 4.78 is 1.61. The number of hydrazone groups is 1. The van der Waals surface area contributed by atoms with Crippen LogP contribution in [0.25, 0.3) is 0 Å². The Morgan fingerprint density at radius 1 is 0.870 bits per heavy atom. The highest BCUT2D eigenvalue weighted by molar-refractivity contribution is 5.80. The Labute approximate surface area is 134 Å². The summed E-state index contributed by atoms with van der Waals surface area (Å²) in [5.74, 6) is 1.14. The van der Waals surface area contributed by atoms with E-state index in [0.29, 0.717) is 11.8 Å². The lowest BCUT2D eigenvalue weighted by Crippen LogP contribution is -2.01. The Morgan fingerprint density at radius 3 is 2.13 bits per heavy atom. The SMILES string of the molecule is Cc1nnc(NN=Cc2ccccc2)n1N=Cc1ccccc1. The number of nitrogens with zero attached hydrogens (tertiary/aromatic N) is 5. The van der Waals surface area contributed by atoms with Gasteiger partial charge in [-0.2, -0.15) is 14.9 Å². The van der Waals surface area contributed by atoms with E-state index in [1.807, 2.05) is 67.6 Å². The zero-order valence-corrected chi connectivity index (χ0v) is 12.7. The van der Waals surface area contributed by atoms with Gasteiger partial charge >= 0.3 is 0 Å². The van der Waals surface area contributed by atoms with Gasteiger partial charge in [-0.1, -0.05) is 60.7 Å². The van der Waals surface area contributed by atoms with Crippen LogP contribution in [0.3, 0.4) is 0 Å². The number of aryl methyl sites for hydroxylation is 1. The average molecular weight is 304 g/mol. The Kier molecular flexibility index (Phi) is 4.54. The van der Waals surface area contributed by atoms with E-state index < -0.39 is 0 Å². The van der Waals surface area contributed by atoms with E-state index in [2.05, 4.69) is 25.8 Å². The van der Waals surface area contributed by atoms with Crippen molar-refractivity contribution >= 4 is 18.4 Å². The normalized spacial score (nSPS) is 11.3. The number of hydrogen-bond donors (Lipinski definition) is 1. The molecule has 0 atom stereocenters. The maximum Gasteiger partial charge on any atom is 0.266 e. The van der Waals surface area contributed by atoms with E-state index in [1.54, 1.807) is 17.1 Å². The summed E-state index contributed by atoms with van der Waals surface area (Å²) in [6.07, 6.45) is 3.47. The monoisotopic (exact) mass is 304 g/mol. The molecule has 3 aromatic rings. The van der Waals surface area contributed by atoms with Crippen molar-refractivity contribution in [2.24, 2.45) is 10.2 Å². The molecule has 6 nitrogen and oxygen atoms in total. The number of benzene rings is 2. The number of rotatable bonds is 5. The molecule has 23 heavy (non-hydrogen) atoms. The summed E-state index contributed by atoms with van der Waals surface area (Å²) in [5.41, 5.74) is 4.86. The fourth-order valence-electron chi connectivity index (χ4n) is 1.93. The second-order valence-electron chi connectivity index (χ2n) is 4.82. The molecule has 6 heteroatoms. The van der Waals surface area contributed by atoms with Gasteiger partial charge in [0.2, 0.25) is 0 Å². The van der Waals surface area contributed by atoms with Crippen molar-refractivity contribution in [3.05, 3.63) is 77.6 Å². The molecule has 0 aliphatic heterocycles. The van der Waals surface area contributed by atoms with Gasteiger partial charge in [0.15, 0.2) is 5.82 Å². The van der Waals surface area contributed by atoms with Crippen LogP contribution in [0.4, 0.5) is 5.95 Å². The molecule has 2 aromatic carbocycles.